The molecule has 0 spiro atoms. The van der Waals surface area contributed by atoms with Crippen molar-refractivity contribution in [3.8, 4) is 11.5 Å². The molecule has 152 valence electrons. The fraction of sp³-hybridized carbons (Fsp3) is 0.308. The van der Waals surface area contributed by atoms with Gasteiger partial charge in [0.2, 0.25) is 0 Å². The molecular weight excluding hydrogens is 358 g/mol. The van der Waals surface area contributed by atoms with E-state index in [1.54, 1.807) is 7.11 Å². The lowest BCUT2D eigenvalue weighted by Crippen LogP contribution is -2.26. The van der Waals surface area contributed by atoms with Crippen LogP contribution in [0.1, 0.15) is 35.6 Å². The van der Waals surface area contributed by atoms with E-state index < -0.39 is 0 Å². The van der Waals surface area contributed by atoms with Gasteiger partial charge in [-0.25, -0.2) is 0 Å². The lowest BCUT2D eigenvalue weighted by Gasteiger charge is -2.18. The highest BCUT2D eigenvalue weighted by Gasteiger charge is 2.12. The average Bonchev–Trinajstić information content (AvgIpc) is 2.75. The van der Waals surface area contributed by atoms with Gasteiger partial charge < -0.3 is 14.8 Å². The van der Waals surface area contributed by atoms with Crippen LogP contribution in [0.25, 0.3) is 0 Å². The SMILES string of the molecule is COc1cccc(CN[C@H](C)CCc2ccccc2)c1OCc1cccc(C)c1. The Kier molecular flexibility index (Phi) is 7.71. The molecule has 0 aromatic heterocycles. The van der Waals surface area contributed by atoms with Crippen LogP contribution in [0.4, 0.5) is 0 Å². The first kappa shape index (κ1) is 20.9. The van der Waals surface area contributed by atoms with Crippen molar-refractivity contribution in [2.75, 3.05) is 7.11 Å². The molecular formula is C26H31NO2. The van der Waals surface area contributed by atoms with E-state index in [9.17, 15) is 0 Å². The molecule has 0 aliphatic heterocycles. The molecule has 1 N–H and O–H groups in total. The first-order valence-corrected chi connectivity index (χ1v) is 10.3. The minimum Gasteiger partial charge on any atom is -0.493 e. The molecule has 0 aliphatic rings. The quantitative estimate of drug-likeness (QED) is 0.483. The third kappa shape index (κ3) is 6.37. The van der Waals surface area contributed by atoms with Crippen molar-refractivity contribution in [3.05, 3.63) is 95.1 Å². The summed E-state index contributed by atoms with van der Waals surface area (Å²) in [7, 11) is 1.69. The second-order valence-electron chi connectivity index (χ2n) is 7.53. The number of ether oxygens (including phenoxy) is 2. The summed E-state index contributed by atoms with van der Waals surface area (Å²) in [4.78, 5) is 0. The minimum atomic E-state index is 0.408. The van der Waals surface area contributed by atoms with E-state index in [1.807, 2.05) is 12.1 Å². The van der Waals surface area contributed by atoms with Gasteiger partial charge in [-0.2, -0.15) is 0 Å². The Bertz CT molecular complexity index is 892. The molecule has 0 unspecified atom stereocenters. The smallest absolute Gasteiger partial charge is 0.166 e. The Morgan fingerprint density at radius 1 is 0.897 bits per heavy atom. The molecule has 3 heteroatoms. The third-order valence-corrected chi connectivity index (χ3v) is 5.10. The summed E-state index contributed by atoms with van der Waals surface area (Å²) in [5.41, 5.74) is 4.89. The molecule has 1 atom stereocenters. The number of rotatable bonds is 10. The summed E-state index contributed by atoms with van der Waals surface area (Å²) in [6.07, 6.45) is 2.16. The third-order valence-electron chi connectivity index (χ3n) is 5.10. The zero-order valence-corrected chi connectivity index (χ0v) is 17.7. The summed E-state index contributed by atoms with van der Waals surface area (Å²) in [5, 5.41) is 3.63. The standard InChI is InChI=1S/C26H31NO2/c1-20-9-7-12-23(17-20)19-29-26-24(13-8-14-25(26)28-3)18-27-21(2)15-16-22-10-5-4-6-11-22/h4-14,17,21,27H,15-16,18-19H2,1-3H3/t21-/m1/s1. The van der Waals surface area contributed by atoms with Crippen molar-refractivity contribution >= 4 is 0 Å². The number of aryl methyl sites for hydroxylation is 2. The average molecular weight is 390 g/mol. The highest BCUT2D eigenvalue weighted by Crippen LogP contribution is 2.32. The zero-order chi connectivity index (χ0) is 20.5. The minimum absolute atomic E-state index is 0.408. The predicted molar refractivity (Wildman–Crippen MR) is 120 cm³/mol. The Labute approximate surface area is 174 Å². The van der Waals surface area contributed by atoms with Crippen LogP contribution in [-0.4, -0.2) is 13.2 Å². The van der Waals surface area contributed by atoms with Crippen LogP contribution in [0.3, 0.4) is 0 Å². The molecule has 29 heavy (non-hydrogen) atoms. The lowest BCUT2D eigenvalue weighted by atomic mass is 10.1. The number of methoxy groups -OCH3 is 1. The predicted octanol–water partition coefficient (Wildman–Crippen LogP) is 5.69. The molecule has 0 saturated heterocycles. The van der Waals surface area contributed by atoms with Gasteiger partial charge in [0.15, 0.2) is 11.5 Å². The number of para-hydroxylation sites is 1. The second-order valence-corrected chi connectivity index (χ2v) is 7.53. The number of hydrogen-bond acceptors (Lipinski definition) is 3. The van der Waals surface area contributed by atoms with Crippen LogP contribution in [0.15, 0.2) is 72.8 Å². The molecule has 3 nitrogen and oxygen atoms in total. The number of nitrogens with one attached hydrogen (secondary N) is 1. The van der Waals surface area contributed by atoms with Gasteiger partial charge in [0.1, 0.15) is 6.61 Å². The Hall–Kier alpha value is -2.78. The Morgan fingerprint density at radius 3 is 2.41 bits per heavy atom. The van der Waals surface area contributed by atoms with Crippen LogP contribution in [0.5, 0.6) is 11.5 Å². The summed E-state index contributed by atoms with van der Waals surface area (Å²) in [5.74, 6) is 1.59. The van der Waals surface area contributed by atoms with E-state index in [2.05, 4.69) is 79.8 Å². The van der Waals surface area contributed by atoms with E-state index in [-0.39, 0.29) is 0 Å². The maximum Gasteiger partial charge on any atom is 0.166 e. The van der Waals surface area contributed by atoms with Crippen LogP contribution >= 0.6 is 0 Å². The molecule has 0 heterocycles. The topological polar surface area (TPSA) is 30.5 Å². The van der Waals surface area contributed by atoms with E-state index >= 15 is 0 Å². The van der Waals surface area contributed by atoms with Crippen molar-refractivity contribution in [2.24, 2.45) is 0 Å². The summed E-state index contributed by atoms with van der Waals surface area (Å²) >= 11 is 0. The van der Waals surface area contributed by atoms with Crippen LogP contribution in [-0.2, 0) is 19.6 Å². The maximum atomic E-state index is 6.20. The summed E-state index contributed by atoms with van der Waals surface area (Å²) in [6, 6.07) is 25.5. The summed E-state index contributed by atoms with van der Waals surface area (Å²) < 4.78 is 11.8. The molecule has 0 saturated carbocycles. The van der Waals surface area contributed by atoms with Crippen LogP contribution in [0, 0.1) is 6.92 Å². The van der Waals surface area contributed by atoms with Crippen molar-refractivity contribution in [1.82, 2.24) is 5.32 Å². The monoisotopic (exact) mass is 389 g/mol. The lowest BCUT2D eigenvalue weighted by molar-refractivity contribution is 0.280. The van der Waals surface area contributed by atoms with E-state index in [0.29, 0.717) is 12.6 Å². The Balaban J connectivity index is 1.60. The van der Waals surface area contributed by atoms with E-state index in [1.165, 1.54) is 11.1 Å². The van der Waals surface area contributed by atoms with Gasteiger partial charge in [0, 0.05) is 18.2 Å². The molecule has 3 aromatic rings. The zero-order valence-electron chi connectivity index (χ0n) is 17.7. The highest BCUT2D eigenvalue weighted by atomic mass is 16.5. The first-order chi connectivity index (χ1) is 14.2. The largest absolute Gasteiger partial charge is 0.493 e. The fourth-order valence-electron chi connectivity index (χ4n) is 3.40. The van der Waals surface area contributed by atoms with Gasteiger partial charge in [-0.15, -0.1) is 0 Å². The maximum absolute atomic E-state index is 6.20. The molecule has 0 bridgehead atoms. The van der Waals surface area contributed by atoms with Gasteiger partial charge in [-0.3, -0.25) is 0 Å². The highest BCUT2D eigenvalue weighted by molar-refractivity contribution is 5.46. The number of hydrogen-bond donors (Lipinski definition) is 1. The van der Waals surface area contributed by atoms with Gasteiger partial charge in [0.25, 0.3) is 0 Å². The van der Waals surface area contributed by atoms with E-state index in [4.69, 9.17) is 9.47 Å². The summed E-state index contributed by atoms with van der Waals surface area (Å²) in [6.45, 7) is 5.60. The molecule has 0 aliphatic carbocycles. The van der Waals surface area contributed by atoms with Gasteiger partial charge in [0.05, 0.1) is 7.11 Å². The van der Waals surface area contributed by atoms with Crippen molar-refractivity contribution in [2.45, 2.75) is 45.9 Å². The molecule has 0 radical (unpaired) electrons. The van der Waals surface area contributed by atoms with Crippen molar-refractivity contribution in [1.29, 1.82) is 0 Å². The van der Waals surface area contributed by atoms with Crippen molar-refractivity contribution in [3.63, 3.8) is 0 Å². The first-order valence-electron chi connectivity index (χ1n) is 10.3. The molecule has 0 amide bonds. The molecule has 3 aromatic carbocycles. The van der Waals surface area contributed by atoms with E-state index in [0.717, 1.165) is 42.0 Å². The number of benzene rings is 3. The fourth-order valence-corrected chi connectivity index (χ4v) is 3.40. The molecule has 3 rings (SSSR count). The van der Waals surface area contributed by atoms with Gasteiger partial charge in [-0.1, -0.05) is 72.3 Å². The molecule has 0 fully saturated rings. The van der Waals surface area contributed by atoms with Gasteiger partial charge in [-0.05, 0) is 43.9 Å². The second kappa shape index (κ2) is 10.7. The normalized spacial score (nSPS) is 11.8. The van der Waals surface area contributed by atoms with Gasteiger partial charge >= 0.3 is 0 Å². The van der Waals surface area contributed by atoms with Crippen LogP contribution < -0.4 is 14.8 Å². The van der Waals surface area contributed by atoms with Crippen molar-refractivity contribution < 1.29 is 9.47 Å². The van der Waals surface area contributed by atoms with Crippen LogP contribution in [0.2, 0.25) is 0 Å². The Morgan fingerprint density at radius 2 is 1.66 bits per heavy atom.